The van der Waals surface area contributed by atoms with Crippen LogP contribution in [0.1, 0.15) is 54.4 Å². The molecule has 0 spiro atoms. The molecule has 2 saturated heterocycles. The Balaban J connectivity index is 1.71. The average Bonchev–Trinajstić information content (AvgIpc) is 2.94. The number of aryl methyl sites for hydroxylation is 1. The Hall–Kier alpha value is -1.85. The number of aromatic nitrogens is 2. The molecule has 6 heteroatoms. The third-order valence-electron chi connectivity index (χ3n) is 5.16. The van der Waals surface area contributed by atoms with Gasteiger partial charge in [-0.2, -0.15) is 5.10 Å². The van der Waals surface area contributed by atoms with Crippen molar-refractivity contribution in [3.05, 3.63) is 17.0 Å². The minimum absolute atomic E-state index is 0.0217. The van der Waals surface area contributed by atoms with Crippen LogP contribution in [-0.2, 0) is 4.79 Å². The van der Waals surface area contributed by atoms with E-state index in [0.717, 1.165) is 43.5 Å². The van der Waals surface area contributed by atoms with Crippen LogP contribution in [0.25, 0.3) is 0 Å². The molecule has 2 aliphatic rings. The summed E-state index contributed by atoms with van der Waals surface area (Å²) in [5.74, 6) is 0.563. The molecule has 0 aromatic carbocycles. The van der Waals surface area contributed by atoms with Crippen LogP contribution in [-0.4, -0.2) is 45.5 Å². The first-order chi connectivity index (χ1) is 10.5. The van der Waals surface area contributed by atoms with Crippen molar-refractivity contribution in [3.8, 4) is 0 Å². The number of carbonyl (C=O) groups excluding carboxylic acids is 2. The third kappa shape index (κ3) is 2.62. The number of nitrogens with one attached hydrogen (secondary N) is 2. The van der Waals surface area contributed by atoms with Gasteiger partial charge in [0.15, 0.2) is 5.69 Å². The van der Waals surface area contributed by atoms with Crippen LogP contribution < -0.4 is 5.32 Å². The minimum atomic E-state index is 0.0217. The predicted octanol–water partition coefficient (Wildman–Crippen LogP) is 1.55. The Morgan fingerprint density at radius 2 is 1.91 bits per heavy atom. The molecular formula is C16H24N4O2. The summed E-state index contributed by atoms with van der Waals surface area (Å²) in [6.07, 6.45) is 4.08. The first kappa shape index (κ1) is 15.1. The van der Waals surface area contributed by atoms with Gasteiger partial charge in [-0.25, -0.2) is 0 Å². The second-order valence-electron chi connectivity index (χ2n) is 6.69. The van der Waals surface area contributed by atoms with Gasteiger partial charge in [0.1, 0.15) is 0 Å². The zero-order chi connectivity index (χ0) is 15.9. The maximum absolute atomic E-state index is 12.8. The van der Waals surface area contributed by atoms with Crippen LogP contribution in [0.2, 0.25) is 0 Å². The highest BCUT2D eigenvalue weighted by atomic mass is 16.2. The van der Waals surface area contributed by atoms with Gasteiger partial charge in [-0.3, -0.25) is 14.7 Å². The van der Waals surface area contributed by atoms with Crippen LogP contribution in [0.4, 0.5) is 0 Å². The summed E-state index contributed by atoms with van der Waals surface area (Å²) < 4.78 is 0. The molecule has 2 fully saturated rings. The molecule has 1 aromatic rings. The summed E-state index contributed by atoms with van der Waals surface area (Å²) in [5, 5.41) is 10.0. The van der Waals surface area contributed by atoms with E-state index in [9.17, 15) is 9.59 Å². The number of rotatable bonds is 3. The summed E-state index contributed by atoms with van der Waals surface area (Å²) in [6, 6.07) is 0.586. The summed E-state index contributed by atoms with van der Waals surface area (Å²) in [6.45, 7) is 6.16. The van der Waals surface area contributed by atoms with Gasteiger partial charge >= 0.3 is 0 Å². The number of fused-ring (bicyclic) bond motifs is 2. The largest absolute Gasteiger partial charge is 0.356 e. The lowest BCUT2D eigenvalue weighted by atomic mass is 9.90. The van der Waals surface area contributed by atoms with Gasteiger partial charge in [0.2, 0.25) is 5.91 Å². The van der Waals surface area contributed by atoms with Gasteiger partial charge in [-0.1, -0.05) is 0 Å². The Labute approximate surface area is 130 Å². The maximum Gasteiger partial charge on any atom is 0.275 e. The highest BCUT2D eigenvalue weighted by Crippen LogP contribution is 2.39. The zero-order valence-corrected chi connectivity index (χ0v) is 13.5. The van der Waals surface area contributed by atoms with E-state index in [4.69, 9.17) is 0 Å². The molecule has 22 heavy (non-hydrogen) atoms. The summed E-state index contributed by atoms with van der Waals surface area (Å²) in [5.41, 5.74) is 2.47. The van der Waals surface area contributed by atoms with E-state index in [0.29, 0.717) is 23.7 Å². The first-order valence-electron chi connectivity index (χ1n) is 8.06. The smallest absolute Gasteiger partial charge is 0.275 e. The number of aromatic amines is 1. The molecule has 0 saturated carbocycles. The second kappa shape index (κ2) is 5.74. The number of H-pyrrole nitrogens is 1. The predicted molar refractivity (Wildman–Crippen MR) is 82.4 cm³/mol. The molecular weight excluding hydrogens is 280 g/mol. The minimum Gasteiger partial charge on any atom is -0.356 e. The standard InChI is InChI=1S/C16H24N4O2/c1-9-10(2)18-19-15(9)16(22)20-13-4-5-14(20)7-12(6-13)8-17-11(3)21/h12-14H,4-8H2,1-3H3,(H,17,21)(H,18,19)/t12?,13-,14+. The molecule has 2 aliphatic heterocycles. The van der Waals surface area contributed by atoms with Crippen LogP contribution in [0.5, 0.6) is 0 Å². The number of amides is 2. The lowest BCUT2D eigenvalue weighted by Crippen LogP contribution is -2.48. The SMILES string of the molecule is CC(=O)NCC1C[C@H]2CC[C@@H](C1)N2C(=O)c1n[nH]c(C)c1C. The Kier molecular flexibility index (Phi) is 3.93. The van der Waals surface area contributed by atoms with Crippen LogP contribution >= 0.6 is 0 Å². The number of piperidine rings is 1. The Morgan fingerprint density at radius 3 is 2.41 bits per heavy atom. The molecule has 0 radical (unpaired) electrons. The maximum atomic E-state index is 12.8. The van der Waals surface area contributed by atoms with Crippen LogP contribution in [0.3, 0.4) is 0 Å². The number of hydrogen-bond acceptors (Lipinski definition) is 3. The topological polar surface area (TPSA) is 78.1 Å². The third-order valence-corrected chi connectivity index (χ3v) is 5.16. The monoisotopic (exact) mass is 304 g/mol. The Morgan fingerprint density at radius 1 is 1.27 bits per heavy atom. The fraction of sp³-hybridized carbons (Fsp3) is 0.688. The van der Waals surface area contributed by atoms with Crippen molar-refractivity contribution < 1.29 is 9.59 Å². The van der Waals surface area contributed by atoms with Crippen molar-refractivity contribution in [2.45, 2.75) is 58.5 Å². The van der Waals surface area contributed by atoms with E-state index >= 15 is 0 Å². The number of hydrogen-bond donors (Lipinski definition) is 2. The Bertz CT molecular complexity index is 581. The molecule has 0 aliphatic carbocycles. The average molecular weight is 304 g/mol. The molecule has 1 aromatic heterocycles. The van der Waals surface area contributed by atoms with Crippen molar-refractivity contribution in [2.75, 3.05) is 6.54 Å². The van der Waals surface area contributed by atoms with Gasteiger partial charge in [0.25, 0.3) is 5.91 Å². The summed E-state index contributed by atoms with van der Waals surface area (Å²) in [7, 11) is 0. The van der Waals surface area contributed by atoms with Gasteiger partial charge in [0.05, 0.1) is 0 Å². The normalized spacial score (nSPS) is 27.0. The van der Waals surface area contributed by atoms with Crippen LogP contribution in [0, 0.1) is 19.8 Å². The van der Waals surface area contributed by atoms with E-state index in [-0.39, 0.29) is 11.8 Å². The molecule has 2 N–H and O–H groups in total. The number of carbonyl (C=O) groups is 2. The van der Waals surface area contributed by atoms with Gasteiger partial charge < -0.3 is 10.2 Å². The number of nitrogens with zero attached hydrogens (tertiary/aromatic N) is 2. The summed E-state index contributed by atoms with van der Waals surface area (Å²) >= 11 is 0. The zero-order valence-electron chi connectivity index (χ0n) is 13.5. The highest BCUT2D eigenvalue weighted by molar-refractivity contribution is 5.94. The molecule has 2 amide bonds. The van der Waals surface area contributed by atoms with Crippen molar-refractivity contribution in [1.29, 1.82) is 0 Å². The summed E-state index contributed by atoms with van der Waals surface area (Å²) in [4.78, 5) is 26.0. The molecule has 3 atom stereocenters. The van der Waals surface area contributed by atoms with E-state index in [1.54, 1.807) is 6.92 Å². The van der Waals surface area contributed by atoms with Crippen molar-refractivity contribution in [2.24, 2.45) is 5.92 Å². The quantitative estimate of drug-likeness (QED) is 0.889. The fourth-order valence-corrected chi connectivity index (χ4v) is 3.89. The first-order valence-corrected chi connectivity index (χ1v) is 8.06. The molecule has 120 valence electrons. The second-order valence-corrected chi connectivity index (χ2v) is 6.69. The van der Waals surface area contributed by atoms with Gasteiger partial charge in [-0.05, 0) is 45.4 Å². The van der Waals surface area contributed by atoms with E-state index in [1.807, 2.05) is 18.7 Å². The molecule has 2 bridgehead atoms. The molecule has 3 rings (SSSR count). The van der Waals surface area contributed by atoms with Gasteiger partial charge in [-0.15, -0.1) is 0 Å². The van der Waals surface area contributed by atoms with Crippen molar-refractivity contribution in [3.63, 3.8) is 0 Å². The lowest BCUT2D eigenvalue weighted by Gasteiger charge is -2.38. The van der Waals surface area contributed by atoms with Gasteiger partial charge in [0, 0.05) is 36.8 Å². The molecule has 6 nitrogen and oxygen atoms in total. The molecule has 1 unspecified atom stereocenters. The van der Waals surface area contributed by atoms with E-state index in [2.05, 4.69) is 15.5 Å². The molecule has 3 heterocycles. The highest BCUT2D eigenvalue weighted by Gasteiger charge is 2.44. The fourth-order valence-electron chi connectivity index (χ4n) is 3.89. The van der Waals surface area contributed by atoms with Crippen LogP contribution in [0.15, 0.2) is 0 Å². The van der Waals surface area contributed by atoms with E-state index < -0.39 is 0 Å². The van der Waals surface area contributed by atoms with E-state index in [1.165, 1.54) is 0 Å². The van der Waals surface area contributed by atoms with Crippen molar-refractivity contribution in [1.82, 2.24) is 20.4 Å². The van der Waals surface area contributed by atoms with Crippen molar-refractivity contribution >= 4 is 11.8 Å². The lowest BCUT2D eigenvalue weighted by molar-refractivity contribution is -0.119.